The molecule has 3 N–H and O–H groups in total. The summed E-state index contributed by atoms with van der Waals surface area (Å²) in [7, 11) is 1.74. The number of halogens is 3. The number of para-hydroxylation sites is 1. The van der Waals surface area contributed by atoms with Gasteiger partial charge in [0.05, 0.1) is 22.1 Å². The molecule has 0 fully saturated rings. The minimum Gasteiger partial charge on any atom is -0.373 e. The van der Waals surface area contributed by atoms with Crippen LogP contribution in [0.1, 0.15) is 25.3 Å². The average molecular weight is 498 g/mol. The molecule has 2 heterocycles. The van der Waals surface area contributed by atoms with Crippen molar-refractivity contribution in [2.45, 2.75) is 19.8 Å². The molecule has 35 heavy (non-hydrogen) atoms. The van der Waals surface area contributed by atoms with E-state index in [0.29, 0.717) is 16.8 Å². The first-order valence-corrected chi connectivity index (χ1v) is 11.1. The molecule has 4 aromatic rings. The van der Waals surface area contributed by atoms with E-state index >= 15 is 0 Å². The fraction of sp³-hybridized carbons (Fsp3) is 0.160. The number of hydrogen-bond acceptors (Lipinski definition) is 4. The van der Waals surface area contributed by atoms with Crippen molar-refractivity contribution in [2.24, 2.45) is 0 Å². The Balaban J connectivity index is 1.79. The van der Waals surface area contributed by atoms with Crippen molar-refractivity contribution in [3.63, 3.8) is 0 Å². The van der Waals surface area contributed by atoms with Crippen LogP contribution in [0.5, 0.6) is 0 Å². The molecule has 2 amide bonds. The zero-order valence-corrected chi connectivity index (χ0v) is 19.9. The van der Waals surface area contributed by atoms with Gasteiger partial charge in [-0.05, 0) is 41.6 Å². The smallest absolute Gasteiger partial charge is 0.323 e. The summed E-state index contributed by atoms with van der Waals surface area (Å²) in [5.74, 6) is -0.976. The largest absolute Gasteiger partial charge is 0.373 e. The molecule has 0 spiro atoms. The molecule has 0 bridgehead atoms. The van der Waals surface area contributed by atoms with Crippen LogP contribution < -0.4 is 21.5 Å². The number of nitrogens with one attached hydrogen (secondary N) is 3. The van der Waals surface area contributed by atoms with E-state index in [1.165, 1.54) is 28.8 Å². The number of hydrogen-bond donors (Lipinski definition) is 3. The summed E-state index contributed by atoms with van der Waals surface area (Å²) in [6.45, 7) is 3.79. The number of nitrogens with zero attached hydrogens (tertiary/aromatic N) is 2. The molecule has 0 aliphatic carbocycles. The predicted octanol–water partition coefficient (Wildman–Crippen LogP) is 6.13. The van der Waals surface area contributed by atoms with Crippen molar-refractivity contribution in [3.05, 3.63) is 87.4 Å². The molecule has 2 aromatic carbocycles. The van der Waals surface area contributed by atoms with Crippen LogP contribution >= 0.6 is 11.6 Å². The Labute approximate surface area is 204 Å². The molecule has 0 aliphatic rings. The number of benzene rings is 2. The fourth-order valence-electron chi connectivity index (χ4n) is 3.77. The maximum absolute atomic E-state index is 14.7. The normalized spacial score (nSPS) is 11.1. The number of carbonyl (C=O) groups is 1. The Morgan fingerprint density at radius 2 is 1.77 bits per heavy atom. The summed E-state index contributed by atoms with van der Waals surface area (Å²) in [5.41, 5.74) is 0.0608. The van der Waals surface area contributed by atoms with Gasteiger partial charge in [-0.3, -0.25) is 9.36 Å². The first-order valence-electron chi connectivity index (χ1n) is 10.7. The number of pyridine rings is 2. The number of urea groups is 1. The van der Waals surface area contributed by atoms with Crippen LogP contribution in [0.2, 0.25) is 5.02 Å². The maximum Gasteiger partial charge on any atom is 0.323 e. The zero-order chi connectivity index (χ0) is 25.3. The van der Waals surface area contributed by atoms with Crippen LogP contribution in [0.25, 0.3) is 16.5 Å². The molecule has 0 saturated heterocycles. The lowest BCUT2D eigenvalue weighted by Gasteiger charge is -2.17. The Morgan fingerprint density at radius 1 is 1.06 bits per heavy atom. The van der Waals surface area contributed by atoms with E-state index in [2.05, 4.69) is 20.9 Å². The number of amides is 2. The third kappa shape index (κ3) is 4.81. The van der Waals surface area contributed by atoms with Gasteiger partial charge in [0.2, 0.25) is 0 Å². The molecule has 0 unspecified atom stereocenters. The maximum atomic E-state index is 14.7. The van der Waals surface area contributed by atoms with Gasteiger partial charge in [-0.15, -0.1) is 0 Å². The standard InChI is InChI=1S/C25H22ClF2N5O2/c1-13(2)23-15-8-22(29-3)30-11-14(15)12-33(24(23)34)21-10-20(18(28)9-16(21)26)32-25(35)31-19-7-5-4-6-17(19)27/h4-13,29H,1-3H3,(H2,31,32,35). The lowest BCUT2D eigenvalue weighted by Crippen LogP contribution is -2.24. The van der Waals surface area contributed by atoms with Gasteiger partial charge < -0.3 is 16.0 Å². The van der Waals surface area contributed by atoms with E-state index in [1.807, 2.05) is 13.8 Å². The van der Waals surface area contributed by atoms with E-state index in [-0.39, 0.29) is 33.6 Å². The average Bonchev–Trinajstić information content (AvgIpc) is 2.81. The third-order valence-electron chi connectivity index (χ3n) is 5.44. The van der Waals surface area contributed by atoms with E-state index in [0.717, 1.165) is 11.5 Å². The minimum absolute atomic E-state index is 0.0291. The highest BCUT2D eigenvalue weighted by Gasteiger charge is 2.19. The predicted molar refractivity (Wildman–Crippen MR) is 135 cm³/mol. The second-order valence-electron chi connectivity index (χ2n) is 8.12. The first-order chi connectivity index (χ1) is 16.7. The first kappa shape index (κ1) is 24.2. The molecule has 180 valence electrons. The Hall–Kier alpha value is -3.98. The summed E-state index contributed by atoms with van der Waals surface area (Å²) < 4.78 is 29.8. The minimum atomic E-state index is -0.861. The quantitative estimate of drug-likeness (QED) is 0.309. The molecule has 10 heteroatoms. The van der Waals surface area contributed by atoms with Crippen molar-refractivity contribution in [2.75, 3.05) is 23.0 Å². The van der Waals surface area contributed by atoms with Gasteiger partial charge in [0, 0.05) is 30.4 Å². The Kier molecular flexibility index (Phi) is 6.70. The SMILES string of the molecule is CNc1cc2c(C(C)C)c(=O)n(-c3cc(NC(=O)Nc4ccccc4F)c(F)cc3Cl)cc2cn1. The molecular formula is C25H22ClF2N5O2. The summed E-state index contributed by atoms with van der Waals surface area (Å²) in [6, 6.07) is 8.77. The van der Waals surface area contributed by atoms with Gasteiger partial charge in [0.15, 0.2) is 0 Å². The number of aromatic nitrogens is 2. The zero-order valence-electron chi connectivity index (χ0n) is 19.1. The molecule has 0 atom stereocenters. The van der Waals surface area contributed by atoms with Crippen LogP contribution in [0.4, 0.5) is 30.8 Å². The van der Waals surface area contributed by atoms with E-state index in [4.69, 9.17) is 11.6 Å². The van der Waals surface area contributed by atoms with Gasteiger partial charge in [-0.25, -0.2) is 18.6 Å². The monoisotopic (exact) mass is 497 g/mol. The summed E-state index contributed by atoms with van der Waals surface area (Å²) in [6.07, 6.45) is 3.19. The summed E-state index contributed by atoms with van der Waals surface area (Å²) in [4.78, 5) is 30.2. The second-order valence-corrected chi connectivity index (χ2v) is 8.53. The molecular weight excluding hydrogens is 476 g/mol. The number of carbonyl (C=O) groups excluding carboxylic acids is 1. The molecule has 4 rings (SSSR count). The van der Waals surface area contributed by atoms with E-state index < -0.39 is 17.7 Å². The number of fused-ring (bicyclic) bond motifs is 1. The van der Waals surface area contributed by atoms with Crippen molar-refractivity contribution in [3.8, 4) is 5.69 Å². The van der Waals surface area contributed by atoms with Crippen LogP contribution in [-0.4, -0.2) is 22.6 Å². The lowest BCUT2D eigenvalue weighted by atomic mass is 9.99. The topological polar surface area (TPSA) is 88.0 Å². The van der Waals surface area contributed by atoms with Gasteiger partial charge in [0.1, 0.15) is 17.5 Å². The fourth-order valence-corrected chi connectivity index (χ4v) is 4.02. The Bertz CT molecular complexity index is 1500. The van der Waals surface area contributed by atoms with Crippen molar-refractivity contribution >= 4 is 45.6 Å². The van der Waals surface area contributed by atoms with Crippen LogP contribution in [0.3, 0.4) is 0 Å². The summed E-state index contributed by atoms with van der Waals surface area (Å²) >= 11 is 6.32. The van der Waals surface area contributed by atoms with Gasteiger partial charge >= 0.3 is 6.03 Å². The molecule has 0 aliphatic heterocycles. The summed E-state index contributed by atoms with van der Waals surface area (Å²) in [5, 5.41) is 9.02. The van der Waals surface area contributed by atoms with Crippen molar-refractivity contribution < 1.29 is 13.6 Å². The van der Waals surface area contributed by atoms with Gasteiger partial charge in [-0.2, -0.15) is 0 Å². The molecule has 0 radical (unpaired) electrons. The van der Waals surface area contributed by atoms with Crippen molar-refractivity contribution in [1.29, 1.82) is 0 Å². The lowest BCUT2D eigenvalue weighted by molar-refractivity contribution is 0.262. The van der Waals surface area contributed by atoms with E-state index in [9.17, 15) is 18.4 Å². The van der Waals surface area contributed by atoms with Crippen LogP contribution in [0.15, 0.2) is 59.7 Å². The number of rotatable bonds is 5. The second kappa shape index (κ2) is 9.71. The van der Waals surface area contributed by atoms with Crippen LogP contribution in [-0.2, 0) is 0 Å². The highest BCUT2D eigenvalue weighted by Crippen LogP contribution is 2.30. The van der Waals surface area contributed by atoms with Gasteiger partial charge in [-0.1, -0.05) is 37.6 Å². The van der Waals surface area contributed by atoms with E-state index in [1.54, 1.807) is 31.6 Å². The number of anilines is 3. The third-order valence-corrected chi connectivity index (χ3v) is 5.74. The molecule has 0 saturated carbocycles. The van der Waals surface area contributed by atoms with Crippen molar-refractivity contribution in [1.82, 2.24) is 9.55 Å². The highest BCUT2D eigenvalue weighted by molar-refractivity contribution is 6.32. The molecule has 7 nitrogen and oxygen atoms in total. The van der Waals surface area contributed by atoms with Gasteiger partial charge in [0.25, 0.3) is 5.56 Å². The van der Waals surface area contributed by atoms with Crippen LogP contribution in [0, 0.1) is 11.6 Å². The molecule has 2 aromatic heterocycles. The highest BCUT2D eigenvalue weighted by atomic mass is 35.5. The Morgan fingerprint density at radius 3 is 2.46 bits per heavy atom.